The zero-order chi connectivity index (χ0) is 12.0. The van der Waals surface area contributed by atoms with E-state index in [-0.39, 0.29) is 0 Å². The molecule has 0 radical (unpaired) electrons. The van der Waals surface area contributed by atoms with Crippen molar-refractivity contribution >= 4 is 11.8 Å². The normalized spacial score (nSPS) is 28.6. The summed E-state index contributed by atoms with van der Waals surface area (Å²) in [6.07, 6.45) is 9.24. The summed E-state index contributed by atoms with van der Waals surface area (Å²) in [7, 11) is 0. The quantitative estimate of drug-likeness (QED) is 0.584. The summed E-state index contributed by atoms with van der Waals surface area (Å²) in [6, 6.07) is 0.722. The van der Waals surface area contributed by atoms with Gasteiger partial charge in [0.15, 0.2) is 0 Å². The maximum atomic E-state index is 5.21. The van der Waals surface area contributed by atoms with E-state index in [1.54, 1.807) is 0 Å². The molecular weight excluding hydrogens is 214 g/mol. The van der Waals surface area contributed by atoms with Crippen molar-refractivity contribution in [2.75, 3.05) is 18.1 Å². The first-order chi connectivity index (χ1) is 7.55. The average molecular weight is 239 g/mol. The topological polar surface area (TPSA) is 12.0 Å². The van der Waals surface area contributed by atoms with Crippen LogP contribution in [0.3, 0.4) is 0 Å². The van der Waals surface area contributed by atoms with Crippen LogP contribution in [0.4, 0.5) is 0 Å². The molecule has 92 valence electrons. The molecule has 1 fully saturated rings. The molecule has 1 N–H and O–H groups in total. The second-order valence-electron chi connectivity index (χ2n) is 5.70. The van der Waals surface area contributed by atoms with Gasteiger partial charge in [-0.25, -0.2) is 0 Å². The number of hydrogen-bond donors (Lipinski definition) is 1. The predicted octanol–water partition coefficient (Wildman–Crippen LogP) is 3.16. The zero-order valence-corrected chi connectivity index (χ0v) is 11.7. The first-order valence-electron chi connectivity index (χ1n) is 6.30. The molecule has 0 saturated heterocycles. The van der Waals surface area contributed by atoms with Crippen molar-refractivity contribution in [1.82, 2.24) is 5.32 Å². The van der Waals surface area contributed by atoms with Crippen LogP contribution < -0.4 is 5.32 Å². The Bertz CT molecular complexity index is 242. The highest BCUT2D eigenvalue weighted by molar-refractivity contribution is 7.99. The Hall–Kier alpha value is -0.130. The van der Waals surface area contributed by atoms with E-state index in [4.69, 9.17) is 6.42 Å². The molecule has 0 spiro atoms. The second kappa shape index (κ2) is 6.57. The third kappa shape index (κ3) is 4.80. The van der Waals surface area contributed by atoms with E-state index in [9.17, 15) is 0 Å². The van der Waals surface area contributed by atoms with Gasteiger partial charge in [0.1, 0.15) is 0 Å². The number of nitrogens with one attached hydrogen (secondary N) is 1. The summed E-state index contributed by atoms with van der Waals surface area (Å²) in [5, 5.41) is 3.68. The van der Waals surface area contributed by atoms with Gasteiger partial charge in [0.05, 0.1) is 5.75 Å². The number of thioether (sulfide) groups is 1. The number of rotatable bonds is 5. The summed E-state index contributed by atoms with van der Waals surface area (Å²) in [6.45, 7) is 8.26. The molecule has 2 heteroatoms. The van der Waals surface area contributed by atoms with Crippen molar-refractivity contribution in [2.45, 2.75) is 46.1 Å². The molecule has 0 amide bonds. The van der Waals surface area contributed by atoms with Crippen molar-refractivity contribution in [3.05, 3.63) is 0 Å². The first-order valence-corrected chi connectivity index (χ1v) is 7.45. The summed E-state index contributed by atoms with van der Waals surface area (Å²) >= 11 is 1.84. The van der Waals surface area contributed by atoms with Crippen LogP contribution in [0.2, 0.25) is 0 Å². The van der Waals surface area contributed by atoms with E-state index in [1.807, 2.05) is 11.8 Å². The molecule has 0 aromatic carbocycles. The molecule has 2 unspecified atom stereocenters. The van der Waals surface area contributed by atoms with Crippen molar-refractivity contribution in [1.29, 1.82) is 0 Å². The molecule has 1 aliphatic carbocycles. The van der Waals surface area contributed by atoms with Crippen LogP contribution >= 0.6 is 11.8 Å². The van der Waals surface area contributed by atoms with E-state index in [1.165, 1.54) is 19.3 Å². The largest absolute Gasteiger partial charge is 0.313 e. The Kier molecular flexibility index (Phi) is 5.72. The first kappa shape index (κ1) is 13.9. The van der Waals surface area contributed by atoms with Crippen molar-refractivity contribution < 1.29 is 0 Å². The molecule has 0 bridgehead atoms. The van der Waals surface area contributed by atoms with Gasteiger partial charge in [-0.05, 0) is 30.6 Å². The third-order valence-electron chi connectivity index (χ3n) is 3.53. The Labute approximate surface area is 105 Å². The minimum Gasteiger partial charge on any atom is -0.313 e. The fourth-order valence-electron chi connectivity index (χ4n) is 2.70. The van der Waals surface area contributed by atoms with Gasteiger partial charge in [0.2, 0.25) is 0 Å². The molecule has 0 aliphatic heterocycles. The maximum absolute atomic E-state index is 5.21. The monoisotopic (exact) mass is 239 g/mol. The Morgan fingerprint density at radius 2 is 2.25 bits per heavy atom. The van der Waals surface area contributed by atoms with Crippen LogP contribution in [0.25, 0.3) is 0 Å². The lowest BCUT2D eigenvalue weighted by atomic mass is 9.70. The molecule has 0 aromatic heterocycles. The zero-order valence-electron chi connectivity index (χ0n) is 10.9. The van der Waals surface area contributed by atoms with Crippen molar-refractivity contribution in [3.8, 4) is 12.3 Å². The van der Waals surface area contributed by atoms with E-state index in [0.717, 1.165) is 30.0 Å². The standard InChI is InChI=1S/C14H25NS/c1-5-9-16-10-8-15-13-6-7-14(3,4)11-12(13)2/h1,12-13,15H,6-11H2,2-4H3. The molecule has 0 aromatic rings. The Balaban J connectivity index is 2.16. The predicted molar refractivity (Wildman–Crippen MR) is 74.7 cm³/mol. The fourth-order valence-corrected chi connectivity index (χ4v) is 3.22. The van der Waals surface area contributed by atoms with Gasteiger partial charge in [-0.15, -0.1) is 18.2 Å². The van der Waals surface area contributed by atoms with E-state index in [0.29, 0.717) is 5.41 Å². The van der Waals surface area contributed by atoms with Gasteiger partial charge in [-0.3, -0.25) is 0 Å². The highest BCUT2D eigenvalue weighted by atomic mass is 32.2. The fraction of sp³-hybridized carbons (Fsp3) is 0.857. The highest BCUT2D eigenvalue weighted by Gasteiger charge is 2.31. The van der Waals surface area contributed by atoms with Crippen LogP contribution in [-0.4, -0.2) is 24.1 Å². The van der Waals surface area contributed by atoms with E-state index < -0.39 is 0 Å². The second-order valence-corrected chi connectivity index (χ2v) is 6.81. The van der Waals surface area contributed by atoms with E-state index >= 15 is 0 Å². The van der Waals surface area contributed by atoms with Crippen LogP contribution in [0, 0.1) is 23.7 Å². The lowest BCUT2D eigenvalue weighted by Crippen LogP contribution is -2.42. The van der Waals surface area contributed by atoms with Crippen LogP contribution in [0.5, 0.6) is 0 Å². The molecule has 16 heavy (non-hydrogen) atoms. The van der Waals surface area contributed by atoms with Crippen LogP contribution in [0.1, 0.15) is 40.0 Å². The molecule has 1 rings (SSSR count). The third-order valence-corrected chi connectivity index (χ3v) is 4.40. The number of hydrogen-bond acceptors (Lipinski definition) is 2. The average Bonchev–Trinajstić information content (AvgIpc) is 2.20. The molecule has 1 nitrogen and oxygen atoms in total. The van der Waals surface area contributed by atoms with Gasteiger partial charge in [0.25, 0.3) is 0 Å². The Morgan fingerprint density at radius 1 is 1.50 bits per heavy atom. The molecule has 2 atom stereocenters. The van der Waals surface area contributed by atoms with Crippen molar-refractivity contribution in [2.24, 2.45) is 11.3 Å². The van der Waals surface area contributed by atoms with Crippen molar-refractivity contribution in [3.63, 3.8) is 0 Å². The summed E-state index contributed by atoms with van der Waals surface area (Å²) < 4.78 is 0. The summed E-state index contributed by atoms with van der Waals surface area (Å²) in [5.41, 5.74) is 0.551. The van der Waals surface area contributed by atoms with Gasteiger partial charge in [0, 0.05) is 18.3 Å². The molecular formula is C14H25NS. The maximum Gasteiger partial charge on any atom is 0.0545 e. The summed E-state index contributed by atoms with van der Waals surface area (Å²) in [4.78, 5) is 0. The van der Waals surface area contributed by atoms with E-state index in [2.05, 4.69) is 32.0 Å². The molecule has 1 aliphatic rings. The summed E-state index contributed by atoms with van der Waals surface area (Å²) in [5.74, 6) is 5.45. The smallest absolute Gasteiger partial charge is 0.0545 e. The molecule has 1 saturated carbocycles. The number of terminal acetylenes is 1. The minimum absolute atomic E-state index is 0.551. The van der Waals surface area contributed by atoms with Gasteiger partial charge < -0.3 is 5.32 Å². The van der Waals surface area contributed by atoms with Gasteiger partial charge in [-0.2, -0.15) is 0 Å². The van der Waals surface area contributed by atoms with Gasteiger partial charge in [-0.1, -0.05) is 26.7 Å². The Morgan fingerprint density at radius 3 is 2.88 bits per heavy atom. The lowest BCUT2D eigenvalue weighted by Gasteiger charge is -2.39. The van der Waals surface area contributed by atoms with Gasteiger partial charge >= 0.3 is 0 Å². The minimum atomic E-state index is 0.551. The molecule has 0 heterocycles. The lowest BCUT2D eigenvalue weighted by molar-refractivity contribution is 0.150. The SMILES string of the molecule is C#CCSCCNC1CCC(C)(C)CC1C. The van der Waals surface area contributed by atoms with Crippen LogP contribution in [-0.2, 0) is 0 Å². The van der Waals surface area contributed by atoms with Crippen LogP contribution in [0.15, 0.2) is 0 Å². The highest BCUT2D eigenvalue weighted by Crippen LogP contribution is 2.38.